The molecule has 0 fully saturated rings. The van der Waals surface area contributed by atoms with E-state index in [-0.39, 0.29) is 11.5 Å². The van der Waals surface area contributed by atoms with Crippen molar-refractivity contribution in [1.29, 1.82) is 0 Å². The highest BCUT2D eigenvalue weighted by molar-refractivity contribution is 7.17. The minimum atomic E-state index is -0.481. The number of carbonyl (C=O) groups is 2. The van der Waals surface area contributed by atoms with Crippen LogP contribution in [-0.4, -0.2) is 18.4 Å². The number of aryl methyl sites for hydroxylation is 1. The Hall–Kier alpha value is -3.19. The Morgan fingerprint density at radius 1 is 1.00 bits per heavy atom. The lowest BCUT2D eigenvalue weighted by atomic mass is 10.0. The molecule has 0 radical (unpaired) electrons. The van der Waals surface area contributed by atoms with Gasteiger partial charge in [-0.3, -0.25) is 9.59 Å². The quantitative estimate of drug-likeness (QED) is 0.447. The van der Waals surface area contributed by atoms with Crippen LogP contribution in [0.2, 0.25) is 0 Å². The van der Waals surface area contributed by atoms with Gasteiger partial charge in [-0.1, -0.05) is 24.6 Å². The highest BCUT2D eigenvalue weighted by Crippen LogP contribution is 2.38. The number of thiophene rings is 1. The van der Waals surface area contributed by atoms with Crippen LogP contribution in [0.3, 0.4) is 0 Å². The molecule has 4 rings (SSSR count). The second-order valence-electron chi connectivity index (χ2n) is 7.62. The highest BCUT2D eigenvalue weighted by atomic mass is 32.1. The number of hydrogen-bond donors (Lipinski definition) is 2. The van der Waals surface area contributed by atoms with Gasteiger partial charge in [0.15, 0.2) is 0 Å². The van der Waals surface area contributed by atoms with E-state index in [2.05, 4.69) is 10.6 Å². The third kappa shape index (κ3) is 4.83. The standard InChI is InChI=1S/C25H25FN2O3S/c1-2-31-20-13-7-6-12-19(20)27-24(30)22-18-11-4-3-5-14-21(18)32-25(22)28-23(29)16-9-8-10-17(26)15-16/h6-10,12-13,15H,2-5,11,14H2,1H3,(H,27,30)(H,28,29). The van der Waals surface area contributed by atoms with E-state index in [1.165, 1.54) is 29.5 Å². The number of fused-ring (bicyclic) bond motifs is 1. The zero-order valence-electron chi connectivity index (χ0n) is 17.9. The van der Waals surface area contributed by atoms with E-state index in [1.54, 1.807) is 18.2 Å². The number of carbonyl (C=O) groups excluding carboxylic acids is 2. The molecule has 32 heavy (non-hydrogen) atoms. The first-order chi connectivity index (χ1) is 15.6. The van der Waals surface area contributed by atoms with Crippen molar-refractivity contribution in [3.8, 4) is 5.75 Å². The van der Waals surface area contributed by atoms with Gasteiger partial charge in [-0.25, -0.2) is 4.39 Å². The first kappa shape index (κ1) is 22.0. The summed E-state index contributed by atoms with van der Waals surface area (Å²) in [4.78, 5) is 27.4. The number of para-hydroxylation sites is 2. The Morgan fingerprint density at radius 2 is 1.81 bits per heavy atom. The molecule has 7 heteroatoms. The molecule has 0 spiro atoms. The average Bonchev–Trinajstić information content (AvgIpc) is 2.95. The summed E-state index contributed by atoms with van der Waals surface area (Å²) in [5.41, 5.74) is 2.27. The summed E-state index contributed by atoms with van der Waals surface area (Å²) < 4.78 is 19.2. The molecular weight excluding hydrogens is 427 g/mol. The zero-order valence-corrected chi connectivity index (χ0v) is 18.7. The lowest BCUT2D eigenvalue weighted by Crippen LogP contribution is -2.18. The molecule has 1 aliphatic carbocycles. The summed E-state index contributed by atoms with van der Waals surface area (Å²) in [5, 5.41) is 6.32. The lowest BCUT2D eigenvalue weighted by molar-refractivity contribution is 0.102. The van der Waals surface area contributed by atoms with Crippen molar-refractivity contribution in [3.63, 3.8) is 0 Å². The number of ether oxygens (including phenoxy) is 1. The summed E-state index contributed by atoms with van der Waals surface area (Å²) in [6, 6.07) is 12.8. The molecule has 2 N–H and O–H groups in total. The molecule has 0 bridgehead atoms. The van der Waals surface area contributed by atoms with Gasteiger partial charge < -0.3 is 15.4 Å². The molecule has 1 heterocycles. The fourth-order valence-electron chi connectivity index (χ4n) is 3.91. The Balaban J connectivity index is 1.68. The first-order valence-electron chi connectivity index (χ1n) is 10.8. The first-order valence-corrected chi connectivity index (χ1v) is 11.6. The number of nitrogens with one attached hydrogen (secondary N) is 2. The van der Waals surface area contributed by atoms with Gasteiger partial charge in [0.2, 0.25) is 0 Å². The van der Waals surface area contributed by atoms with Crippen LogP contribution < -0.4 is 15.4 Å². The summed E-state index contributed by atoms with van der Waals surface area (Å²) in [7, 11) is 0. The van der Waals surface area contributed by atoms with Gasteiger partial charge in [0.1, 0.15) is 16.6 Å². The Morgan fingerprint density at radius 3 is 2.62 bits per heavy atom. The van der Waals surface area contributed by atoms with Crippen molar-refractivity contribution in [2.75, 3.05) is 17.2 Å². The maximum atomic E-state index is 13.6. The molecule has 0 saturated heterocycles. The number of anilines is 2. The van der Waals surface area contributed by atoms with Crippen LogP contribution in [-0.2, 0) is 12.8 Å². The van der Waals surface area contributed by atoms with Crippen molar-refractivity contribution in [3.05, 3.63) is 75.9 Å². The third-order valence-corrected chi connectivity index (χ3v) is 6.60. The van der Waals surface area contributed by atoms with Crippen LogP contribution in [0.4, 0.5) is 15.1 Å². The molecule has 166 valence electrons. The average molecular weight is 453 g/mol. The third-order valence-electron chi connectivity index (χ3n) is 5.40. The molecular formula is C25H25FN2O3S. The Kier molecular flexibility index (Phi) is 6.85. The summed E-state index contributed by atoms with van der Waals surface area (Å²) in [6.07, 6.45) is 4.83. The van der Waals surface area contributed by atoms with E-state index in [0.717, 1.165) is 42.5 Å². The maximum Gasteiger partial charge on any atom is 0.259 e. The second-order valence-corrected chi connectivity index (χ2v) is 8.72. The zero-order chi connectivity index (χ0) is 22.5. The van der Waals surface area contributed by atoms with Gasteiger partial charge in [0.25, 0.3) is 11.8 Å². The SMILES string of the molecule is CCOc1ccccc1NC(=O)c1c(NC(=O)c2cccc(F)c2)sc2c1CCCCC2. The van der Waals surface area contributed by atoms with Crippen molar-refractivity contribution in [2.45, 2.75) is 39.0 Å². The molecule has 0 unspecified atom stereocenters. The number of amides is 2. The van der Waals surface area contributed by atoms with E-state index in [1.807, 2.05) is 19.1 Å². The van der Waals surface area contributed by atoms with Gasteiger partial charge in [-0.15, -0.1) is 11.3 Å². The minimum Gasteiger partial charge on any atom is -0.492 e. The maximum absolute atomic E-state index is 13.6. The van der Waals surface area contributed by atoms with Gasteiger partial charge >= 0.3 is 0 Å². The van der Waals surface area contributed by atoms with Crippen LogP contribution in [0.15, 0.2) is 48.5 Å². The molecule has 5 nitrogen and oxygen atoms in total. The largest absolute Gasteiger partial charge is 0.492 e. The predicted octanol–water partition coefficient (Wildman–Crippen LogP) is 6.06. The number of hydrogen-bond acceptors (Lipinski definition) is 4. The molecule has 3 aromatic rings. The fraction of sp³-hybridized carbons (Fsp3) is 0.280. The topological polar surface area (TPSA) is 67.4 Å². The van der Waals surface area contributed by atoms with E-state index >= 15 is 0 Å². The normalized spacial score (nSPS) is 13.1. The van der Waals surface area contributed by atoms with Crippen LogP contribution in [0.25, 0.3) is 0 Å². The monoisotopic (exact) mass is 452 g/mol. The summed E-state index contributed by atoms with van der Waals surface area (Å²) in [5.74, 6) is -0.615. The Labute approximate surface area is 190 Å². The van der Waals surface area contributed by atoms with E-state index in [4.69, 9.17) is 4.74 Å². The van der Waals surface area contributed by atoms with E-state index < -0.39 is 11.7 Å². The molecule has 2 amide bonds. The molecule has 0 saturated carbocycles. The summed E-state index contributed by atoms with van der Waals surface area (Å²) >= 11 is 1.44. The number of rotatable bonds is 6. The summed E-state index contributed by atoms with van der Waals surface area (Å²) in [6.45, 7) is 2.37. The smallest absolute Gasteiger partial charge is 0.259 e. The van der Waals surface area contributed by atoms with Gasteiger partial charge in [-0.2, -0.15) is 0 Å². The molecule has 2 aromatic carbocycles. The molecule has 1 aliphatic rings. The number of benzene rings is 2. The van der Waals surface area contributed by atoms with Crippen LogP contribution in [0, 0.1) is 5.82 Å². The second kappa shape index (κ2) is 9.96. The van der Waals surface area contributed by atoms with Crippen molar-refractivity contribution in [1.82, 2.24) is 0 Å². The van der Waals surface area contributed by atoms with Gasteiger partial charge in [-0.05, 0) is 68.5 Å². The van der Waals surface area contributed by atoms with Crippen molar-refractivity contribution < 1.29 is 18.7 Å². The van der Waals surface area contributed by atoms with E-state index in [0.29, 0.717) is 28.6 Å². The minimum absolute atomic E-state index is 0.210. The molecule has 1 aromatic heterocycles. The van der Waals surface area contributed by atoms with Crippen LogP contribution in [0.1, 0.15) is 57.3 Å². The fourth-order valence-corrected chi connectivity index (χ4v) is 5.19. The predicted molar refractivity (Wildman–Crippen MR) is 125 cm³/mol. The van der Waals surface area contributed by atoms with Gasteiger partial charge in [0.05, 0.1) is 17.9 Å². The van der Waals surface area contributed by atoms with Crippen molar-refractivity contribution >= 4 is 33.8 Å². The Bertz CT molecular complexity index is 1140. The van der Waals surface area contributed by atoms with Crippen molar-refractivity contribution in [2.24, 2.45) is 0 Å². The van der Waals surface area contributed by atoms with Crippen LogP contribution >= 0.6 is 11.3 Å². The van der Waals surface area contributed by atoms with E-state index in [9.17, 15) is 14.0 Å². The number of halogens is 1. The molecule has 0 atom stereocenters. The van der Waals surface area contributed by atoms with Gasteiger partial charge in [0, 0.05) is 10.4 Å². The lowest BCUT2D eigenvalue weighted by Gasteiger charge is -2.13. The highest BCUT2D eigenvalue weighted by Gasteiger charge is 2.26. The van der Waals surface area contributed by atoms with Crippen LogP contribution in [0.5, 0.6) is 5.75 Å². The molecule has 0 aliphatic heterocycles.